The average Bonchev–Trinajstić information content (AvgIpc) is 2.82. The zero-order valence-electron chi connectivity index (χ0n) is 11.4. The first-order valence-corrected chi connectivity index (χ1v) is 5.99. The van der Waals surface area contributed by atoms with Gasteiger partial charge in [-0.05, 0) is 14.1 Å². The van der Waals surface area contributed by atoms with Crippen molar-refractivity contribution in [2.45, 2.75) is 0 Å². The van der Waals surface area contributed by atoms with E-state index in [-0.39, 0.29) is 0 Å². The third kappa shape index (κ3) is 2.53. The molecule has 2 heterocycles. The Kier molecular flexibility index (Phi) is 3.66. The van der Waals surface area contributed by atoms with E-state index < -0.39 is 0 Å². The van der Waals surface area contributed by atoms with Crippen LogP contribution in [0.15, 0.2) is 18.6 Å². The van der Waals surface area contributed by atoms with Crippen molar-refractivity contribution in [1.82, 2.24) is 19.3 Å². The summed E-state index contributed by atoms with van der Waals surface area (Å²) in [5, 5.41) is 3.07. The molecule has 0 aromatic carbocycles. The maximum atomic E-state index is 4.58. The summed E-state index contributed by atoms with van der Waals surface area (Å²) >= 11 is 0. The molecule has 18 heavy (non-hydrogen) atoms. The summed E-state index contributed by atoms with van der Waals surface area (Å²) < 4.78 is 1.99. The predicted octanol–water partition coefficient (Wildman–Crippen LogP) is 0.769. The monoisotopic (exact) mass is 248 g/mol. The lowest BCUT2D eigenvalue weighted by Crippen LogP contribution is -2.29. The number of rotatable bonds is 5. The molecule has 0 aliphatic heterocycles. The van der Waals surface area contributed by atoms with E-state index in [1.807, 2.05) is 30.9 Å². The number of likely N-dealkylation sites (N-methyl/N-ethyl adjacent to an activating group) is 2. The van der Waals surface area contributed by atoms with E-state index in [4.69, 9.17) is 0 Å². The summed E-state index contributed by atoms with van der Waals surface area (Å²) in [6.07, 6.45) is 5.66. The van der Waals surface area contributed by atoms with E-state index in [1.54, 1.807) is 6.20 Å². The van der Waals surface area contributed by atoms with Gasteiger partial charge in [-0.25, -0.2) is 9.97 Å². The summed E-state index contributed by atoms with van der Waals surface area (Å²) in [6.45, 7) is 1.89. The molecule has 0 bridgehead atoms. The molecule has 0 radical (unpaired) electrons. The van der Waals surface area contributed by atoms with Gasteiger partial charge in [-0.1, -0.05) is 0 Å². The molecule has 0 saturated carbocycles. The molecule has 2 aromatic heterocycles. The first kappa shape index (κ1) is 12.6. The molecule has 0 unspecified atom stereocenters. The zero-order chi connectivity index (χ0) is 13.1. The molecule has 0 aliphatic rings. The lowest BCUT2D eigenvalue weighted by atomic mass is 10.4. The smallest absolute Gasteiger partial charge is 0.180 e. The molecule has 0 amide bonds. The van der Waals surface area contributed by atoms with Gasteiger partial charge in [0.2, 0.25) is 0 Å². The second-order valence-electron chi connectivity index (χ2n) is 4.58. The van der Waals surface area contributed by atoms with Crippen LogP contribution in [0, 0.1) is 0 Å². The molecule has 6 nitrogen and oxygen atoms in total. The van der Waals surface area contributed by atoms with E-state index in [9.17, 15) is 0 Å². The van der Waals surface area contributed by atoms with Gasteiger partial charge in [0.1, 0.15) is 5.82 Å². The fraction of sp³-hybridized carbons (Fsp3) is 0.500. The highest BCUT2D eigenvalue weighted by Crippen LogP contribution is 2.19. The summed E-state index contributed by atoms with van der Waals surface area (Å²) in [6, 6.07) is 0. The number of anilines is 2. The van der Waals surface area contributed by atoms with E-state index in [2.05, 4.69) is 39.2 Å². The van der Waals surface area contributed by atoms with Gasteiger partial charge < -0.3 is 19.5 Å². The molecule has 0 aliphatic carbocycles. The number of imidazole rings is 1. The van der Waals surface area contributed by atoms with Crippen LogP contribution in [-0.4, -0.2) is 60.5 Å². The van der Waals surface area contributed by atoms with Gasteiger partial charge in [-0.3, -0.25) is 0 Å². The maximum absolute atomic E-state index is 4.58. The minimum absolute atomic E-state index is 0.840. The lowest BCUT2D eigenvalue weighted by Gasteiger charge is -2.21. The van der Waals surface area contributed by atoms with Gasteiger partial charge in [-0.2, -0.15) is 0 Å². The quantitative estimate of drug-likeness (QED) is 0.847. The van der Waals surface area contributed by atoms with Crippen LogP contribution in [0.3, 0.4) is 0 Å². The van der Waals surface area contributed by atoms with Crippen molar-refractivity contribution in [1.29, 1.82) is 0 Å². The molecular formula is C12H20N6. The third-order valence-corrected chi connectivity index (χ3v) is 2.86. The summed E-state index contributed by atoms with van der Waals surface area (Å²) in [5.41, 5.74) is 0.884. The molecule has 1 N–H and O–H groups in total. The first-order chi connectivity index (χ1) is 8.61. The Bertz CT molecular complexity index is 518. The Morgan fingerprint density at radius 1 is 1.28 bits per heavy atom. The second-order valence-corrected chi connectivity index (χ2v) is 4.58. The maximum Gasteiger partial charge on any atom is 0.180 e. The highest BCUT2D eigenvalue weighted by molar-refractivity contribution is 5.66. The van der Waals surface area contributed by atoms with Crippen molar-refractivity contribution in [2.75, 3.05) is 51.5 Å². The molecule has 0 atom stereocenters. The van der Waals surface area contributed by atoms with Crippen LogP contribution in [0.5, 0.6) is 0 Å². The molecule has 0 fully saturated rings. The van der Waals surface area contributed by atoms with Crippen LogP contribution < -0.4 is 10.2 Å². The van der Waals surface area contributed by atoms with Crippen molar-refractivity contribution < 1.29 is 0 Å². The molecule has 98 valence electrons. The van der Waals surface area contributed by atoms with Gasteiger partial charge >= 0.3 is 0 Å². The van der Waals surface area contributed by atoms with Crippen LogP contribution in [0.4, 0.5) is 11.6 Å². The van der Waals surface area contributed by atoms with Crippen LogP contribution in [0.2, 0.25) is 0 Å². The fourth-order valence-corrected chi connectivity index (χ4v) is 1.75. The summed E-state index contributed by atoms with van der Waals surface area (Å²) in [5.74, 6) is 1.74. The number of nitrogens with one attached hydrogen (secondary N) is 1. The minimum atomic E-state index is 0.840. The molecule has 0 spiro atoms. The average molecular weight is 248 g/mol. The zero-order valence-corrected chi connectivity index (χ0v) is 11.4. The van der Waals surface area contributed by atoms with Gasteiger partial charge in [0, 0.05) is 39.6 Å². The SMILES string of the molecule is CNc1cn2ccnc2c(N(C)CCN(C)C)n1. The van der Waals surface area contributed by atoms with Gasteiger partial charge in [0.05, 0.1) is 6.20 Å². The van der Waals surface area contributed by atoms with E-state index in [0.717, 1.165) is 30.4 Å². The Morgan fingerprint density at radius 3 is 2.72 bits per heavy atom. The Labute approximate surface area is 107 Å². The van der Waals surface area contributed by atoms with Crippen molar-refractivity contribution in [2.24, 2.45) is 0 Å². The predicted molar refractivity (Wildman–Crippen MR) is 74.4 cm³/mol. The highest BCUT2D eigenvalue weighted by atomic mass is 15.2. The first-order valence-electron chi connectivity index (χ1n) is 5.99. The molecule has 0 saturated heterocycles. The van der Waals surface area contributed by atoms with E-state index >= 15 is 0 Å². The highest BCUT2D eigenvalue weighted by Gasteiger charge is 2.11. The van der Waals surface area contributed by atoms with Crippen LogP contribution in [-0.2, 0) is 0 Å². The van der Waals surface area contributed by atoms with Crippen LogP contribution in [0.1, 0.15) is 0 Å². The number of hydrogen-bond donors (Lipinski definition) is 1. The molecular weight excluding hydrogens is 228 g/mol. The van der Waals surface area contributed by atoms with Gasteiger partial charge in [-0.15, -0.1) is 0 Å². The Hall–Kier alpha value is -1.82. The molecule has 2 rings (SSSR count). The van der Waals surface area contributed by atoms with Crippen molar-refractivity contribution in [3.63, 3.8) is 0 Å². The summed E-state index contributed by atoms with van der Waals surface area (Å²) in [7, 11) is 8.04. The normalized spacial score (nSPS) is 11.2. The Morgan fingerprint density at radius 2 is 2.06 bits per heavy atom. The summed E-state index contributed by atoms with van der Waals surface area (Å²) in [4.78, 5) is 13.2. The topological polar surface area (TPSA) is 48.7 Å². The number of hydrogen-bond acceptors (Lipinski definition) is 5. The number of fused-ring (bicyclic) bond motifs is 1. The number of aromatic nitrogens is 3. The number of nitrogens with zero attached hydrogens (tertiary/aromatic N) is 5. The molecule has 6 heteroatoms. The van der Waals surface area contributed by atoms with Crippen molar-refractivity contribution in [3.8, 4) is 0 Å². The second kappa shape index (κ2) is 5.22. The van der Waals surface area contributed by atoms with Crippen molar-refractivity contribution in [3.05, 3.63) is 18.6 Å². The van der Waals surface area contributed by atoms with E-state index in [0.29, 0.717) is 0 Å². The van der Waals surface area contributed by atoms with Crippen molar-refractivity contribution >= 4 is 17.3 Å². The standard InChI is InChI=1S/C12H20N6/c1-13-10-9-18-6-5-14-11(18)12(15-10)17(4)8-7-16(2)3/h5-6,9,13H,7-8H2,1-4H3. The fourth-order valence-electron chi connectivity index (χ4n) is 1.75. The lowest BCUT2D eigenvalue weighted by molar-refractivity contribution is 0.416. The van der Waals surface area contributed by atoms with Gasteiger partial charge in [0.25, 0.3) is 0 Å². The van der Waals surface area contributed by atoms with Crippen LogP contribution >= 0.6 is 0 Å². The minimum Gasteiger partial charge on any atom is -0.372 e. The Balaban J connectivity index is 2.32. The van der Waals surface area contributed by atoms with E-state index in [1.165, 1.54) is 0 Å². The largest absolute Gasteiger partial charge is 0.372 e. The van der Waals surface area contributed by atoms with Crippen LogP contribution in [0.25, 0.3) is 5.65 Å². The molecule has 2 aromatic rings. The third-order valence-electron chi connectivity index (χ3n) is 2.86. The van der Waals surface area contributed by atoms with Gasteiger partial charge in [0.15, 0.2) is 11.5 Å².